The normalized spacial score (nSPS) is 14.6. The molecule has 0 saturated heterocycles. The minimum Gasteiger partial charge on any atom is -0.486 e. The second-order valence-electron chi connectivity index (χ2n) is 8.75. The third-order valence-electron chi connectivity index (χ3n) is 6.08. The highest BCUT2D eigenvalue weighted by Gasteiger charge is 2.31. The van der Waals surface area contributed by atoms with Gasteiger partial charge in [0.2, 0.25) is 0 Å². The number of carboxylic acid groups (broad SMARTS) is 1. The van der Waals surface area contributed by atoms with E-state index in [0.717, 1.165) is 38.3 Å². The van der Waals surface area contributed by atoms with Crippen LogP contribution in [0.2, 0.25) is 0 Å². The Balaban J connectivity index is 1.45. The summed E-state index contributed by atoms with van der Waals surface area (Å²) in [5.41, 5.74) is 3.08. The van der Waals surface area contributed by atoms with E-state index < -0.39 is 18.1 Å². The zero-order valence-corrected chi connectivity index (χ0v) is 21.7. The van der Waals surface area contributed by atoms with Gasteiger partial charge in [-0.05, 0) is 58.2 Å². The number of aliphatic carboxylic acids is 1. The van der Waals surface area contributed by atoms with Crippen LogP contribution in [0, 0.1) is 0 Å². The van der Waals surface area contributed by atoms with E-state index in [1.165, 1.54) is 13.1 Å². The summed E-state index contributed by atoms with van der Waals surface area (Å²) < 4.78 is 13.9. The summed E-state index contributed by atoms with van der Waals surface area (Å²) in [5.74, 6) is 0.804. The molecule has 10 nitrogen and oxygen atoms in total. The number of rotatable bonds is 7. The first-order valence-corrected chi connectivity index (χ1v) is 12.3. The second-order valence-corrected chi connectivity index (χ2v) is 9.55. The number of carbonyl (C=O) groups is 1. The number of aryl methyl sites for hydroxylation is 1. The summed E-state index contributed by atoms with van der Waals surface area (Å²) in [6, 6.07) is 13.6. The number of halogens is 1. The van der Waals surface area contributed by atoms with Crippen LogP contribution in [-0.4, -0.2) is 62.5 Å². The number of nitrogens with one attached hydrogen (secondary N) is 1. The largest absolute Gasteiger partial charge is 0.486 e. The lowest BCUT2D eigenvalue weighted by molar-refractivity contribution is -0.143. The van der Waals surface area contributed by atoms with Gasteiger partial charge in [-0.25, -0.2) is 9.78 Å². The highest BCUT2D eigenvalue weighted by Crippen LogP contribution is 2.40. The van der Waals surface area contributed by atoms with Crippen molar-refractivity contribution < 1.29 is 24.5 Å². The van der Waals surface area contributed by atoms with E-state index in [9.17, 15) is 15.0 Å². The number of pyridine rings is 1. The summed E-state index contributed by atoms with van der Waals surface area (Å²) in [5, 5.41) is 26.7. The molecule has 0 aliphatic carbocycles. The lowest BCUT2D eigenvalue weighted by Crippen LogP contribution is -2.37. The molecule has 1 aliphatic rings. The smallest absolute Gasteiger partial charge is 0.333 e. The van der Waals surface area contributed by atoms with Crippen LogP contribution in [0.25, 0.3) is 22.2 Å². The summed E-state index contributed by atoms with van der Waals surface area (Å²) in [4.78, 5) is 20.0. The summed E-state index contributed by atoms with van der Waals surface area (Å²) in [6.45, 7) is 1.79. The Bertz CT molecular complexity index is 1540. The molecular weight excluding hydrogens is 542 g/mol. The fourth-order valence-corrected chi connectivity index (χ4v) is 4.47. The SMILES string of the molecule is Cn1nc(Nc2cccc(-c3ccc4c(c3)OCCO4)c2Br)c2ncc(C=NC(C)(CO)C(=O)O)cc21. The quantitative estimate of drug-likeness (QED) is 0.284. The molecule has 2 aromatic carbocycles. The molecule has 0 radical (unpaired) electrons. The van der Waals surface area contributed by atoms with Crippen molar-refractivity contribution in [2.45, 2.75) is 12.5 Å². The van der Waals surface area contributed by atoms with Crippen LogP contribution in [0.5, 0.6) is 11.5 Å². The van der Waals surface area contributed by atoms with E-state index in [-0.39, 0.29) is 0 Å². The van der Waals surface area contributed by atoms with Gasteiger partial charge in [-0.3, -0.25) is 9.67 Å². The van der Waals surface area contributed by atoms with Crippen LogP contribution < -0.4 is 14.8 Å². The Labute approximate surface area is 220 Å². The molecule has 11 heteroatoms. The topological polar surface area (TPSA) is 131 Å². The van der Waals surface area contributed by atoms with Gasteiger partial charge in [0.25, 0.3) is 0 Å². The van der Waals surface area contributed by atoms with E-state index >= 15 is 0 Å². The number of aliphatic imine (C=N–C) groups is 1. The Hall–Kier alpha value is -3.96. The zero-order chi connectivity index (χ0) is 26.2. The van der Waals surface area contributed by atoms with Crippen molar-refractivity contribution in [1.29, 1.82) is 0 Å². The molecule has 5 rings (SSSR count). The van der Waals surface area contributed by atoms with Gasteiger partial charge in [-0.2, -0.15) is 5.10 Å². The van der Waals surface area contributed by atoms with E-state index in [4.69, 9.17) is 9.47 Å². The lowest BCUT2D eigenvalue weighted by atomic mass is 10.0. The second kappa shape index (κ2) is 9.83. The van der Waals surface area contributed by atoms with Crippen LogP contribution in [0.1, 0.15) is 12.5 Å². The van der Waals surface area contributed by atoms with Gasteiger partial charge in [0.1, 0.15) is 18.7 Å². The van der Waals surface area contributed by atoms with Gasteiger partial charge >= 0.3 is 5.97 Å². The number of anilines is 2. The third-order valence-corrected chi connectivity index (χ3v) is 6.94. The van der Waals surface area contributed by atoms with Gasteiger partial charge in [-0.15, -0.1) is 0 Å². The number of aliphatic hydroxyl groups is 1. The molecule has 0 amide bonds. The first-order valence-electron chi connectivity index (χ1n) is 11.5. The van der Waals surface area contributed by atoms with Crippen molar-refractivity contribution in [3.05, 3.63) is 58.7 Å². The number of aromatic nitrogens is 3. The highest BCUT2D eigenvalue weighted by atomic mass is 79.9. The predicted molar refractivity (Wildman–Crippen MR) is 143 cm³/mol. The maximum atomic E-state index is 11.4. The monoisotopic (exact) mass is 565 g/mol. The van der Waals surface area contributed by atoms with Crippen molar-refractivity contribution in [3.8, 4) is 22.6 Å². The molecule has 3 N–H and O–H groups in total. The van der Waals surface area contributed by atoms with Gasteiger partial charge in [0.05, 0.1) is 17.8 Å². The van der Waals surface area contributed by atoms with Crippen LogP contribution in [-0.2, 0) is 11.8 Å². The summed E-state index contributed by atoms with van der Waals surface area (Å²) in [6.07, 6.45) is 2.98. The van der Waals surface area contributed by atoms with Crippen LogP contribution >= 0.6 is 15.9 Å². The lowest BCUT2D eigenvalue weighted by Gasteiger charge is -2.19. The molecular formula is C26H24BrN5O5. The Morgan fingerprint density at radius 1 is 1.24 bits per heavy atom. The molecule has 1 unspecified atom stereocenters. The third kappa shape index (κ3) is 4.75. The van der Waals surface area contributed by atoms with E-state index in [0.29, 0.717) is 30.1 Å². The average Bonchev–Trinajstić information content (AvgIpc) is 3.22. The molecule has 0 spiro atoms. The molecule has 37 heavy (non-hydrogen) atoms. The van der Waals surface area contributed by atoms with Crippen LogP contribution in [0.15, 0.2) is 58.1 Å². The molecule has 0 fully saturated rings. The van der Waals surface area contributed by atoms with Gasteiger partial charge in [-0.1, -0.05) is 18.2 Å². The molecule has 4 aromatic rings. The molecule has 0 saturated carbocycles. The number of hydrogen-bond donors (Lipinski definition) is 3. The number of hydrogen-bond acceptors (Lipinski definition) is 8. The summed E-state index contributed by atoms with van der Waals surface area (Å²) >= 11 is 3.74. The maximum Gasteiger partial charge on any atom is 0.333 e. The molecule has 1 aliphatic heterocycles. The van der Waals surface area contributed by atoms with Gasteiger partial charge in [0, 0.05) is 29.5 Å². The van der Waals surface area contributed by atoms with Crippen LogP contribution in [0.4, 0.5) is 11.5 Å². The average molecular weight is 566 g/mol. The van der Waals surface area contributed by atoms with Crippen molar-refractivity contribution >= 4 is 50.7 Å². The van der Waals surface area contributed by atoms with Crippen molar-refractivity contribution in [2.24, 2.45) is 12.0 Å². The maximum absolute atomic E-state index is 11.4. The minimum atomic E-state index is -1.62. The summed E-state index contributed by atoms with van der Waals surface area (Å²) in [7, 11) is 1.80. The van der Waals surface area contributed by atoms with Gasteiger partial charge < -0.3 is 25.0 Å². The number of aliphatic hydroxyl groups excluding tert-OH is 1. The predicted octanol–water partition coefficient (Wildman–Crippen LogP) is 4.17. The van der Waals surface area contributed by atoms with Crippen molar-refractivity contribution in [1.82, 2.24) is 14.8 Å². The molecule has 2 aromatic heterocycles. The first-order chi connectivity index (χ1) is 17.8. The fraction of sp³-hybridized carbons (Fsp3) is 0.231. The number of nitrogens with zero attached hydrogens (tertiary/aromatic N) is 4. The number of benzene rings is 2. The highest BCUT2D eigenvalue weighted by molar-refractivity contribution is 9.10. The van der Waals surface area contributed by atoms with E-state index in [2.05, 4.69) is 36.3 Å². The number of ether oxygens (including phenoxy) is 2. The fourth-order valence-electron chi connectivity index (χ4n) is 3.87. The van der Waals surface area contributed by atoms with Crippen molar-refractivity contribution in [2.75, 3.05) is 25.1 Å². The number of carboxylic acids is 1. The molecule has 0 bridgehead atoms. The minimum absolute atomic E-state index is 0.521. The van der Waals surface area contributed by atoms with E-state index in [1.807, 2.05) is 42.5 Å². The van der Waals surface area contributed by atoms with Crippen molar-refractivity contribution in [3.63, 3.8) is 0 Å². The molecule has 1 atom stereocenters. The molecule has 190 valence electrons. The Morgan fingerprint density at radius 3 is 2.78 bits per heavy atom. The Kier molecular flexibility index (Phi) is 6.57. The van der Waals surface area contributed by atoms with Crippen LogP contribution in [0.3, 0.4) is 0 Å². The first kappa shape index (κ1) is 24.7. The van der Waals surface area contributed by atoms with E-state index in [1.54, 1.807) is 17.9 Å². The standard InChI is InChI=1S/C26H24BrN5O5/c1-26(14-33,25(34)35)29-13-15-10-19-23(28-12-15)24(31-32(19)2)30-18-5-3-4-17(22(18)27)16-6-7-20-21(11-16)37-9-8-36-20/h3-7,10-13,33H,8-9,14H2,1-2H3,(H,30,31)(H,34,35). The van der Waals surface area contributed by atoms with Gasteiger partial charge in [0.15, 0.2) is 22.9 Å². The Morgan fingerprint density at radius 2 is 2.03 bits per heavy atom. The zero-order valence-electron chi connectivity index (χ0n) is 20.1. The number of fused-ring (bicyclic) bond motifs is 2. The molecule has 3 heterocycles.